The molecule has 0 fully saturated rings. The summed E-state index contributed by atoms with van der Waals surface area (Å²) in [5, 5.41) is 1.51. The second-order valence-electron chi connectivity index (χ2n) is 4.05. The molecule has 0 unspecified atom stereocenters. The highest BCUT2D eigenvalue weighted by Crippen LogP contribution is 2.29. The molecule has 1 aromatic carbocycles. The van der Waals surface area contributed by atoms with Crippen molar-refractivity contribution < 1.29 is 4.74 Å². The van der Waals surface area contributed by atoms with Crippen molar-refractivity contribution in [2.24, 2.45) is 0 Å². The van der Waals surface area contributed by atoms with Gasteiger partial charge in [-0.3, -0.25) is 4.98 Å². The normalized spacial score (nSPS) is 10.7. The van der Waals surface area contributed by atoms with Crippen LogP contribution < -0.4 is 10.5 Å². The first-order valence-electron chi connectivity index (χ1n) is 5.96. The van der Waals surface area contributed by atoms with Crippen LogP contribution in [0.1, 0.15) is 0 Å². The Kier molecular flexibility index (Phi) is 3.39. The van der Waals surface area contributed by atoms with Crippen LogP contribution in [0.15, 0.2) is 47.8 Å². The third kappa shape index (κ3) is 2.50. The average molecular weight is 284 g/mol. The van der Waals surface area contributed by atoms with Crippen molar-refractivity contribution in [2.75, 3.05) is 12.0 Å². The quantitative estimate of drug-likeness (QED) is 0.588. The van der Waals surface area contributed by atoms with Gasteiger partial charge in [-0.15, -0.1) is 0 Å². The summed E-state index contributed by atoms with van der Waals surface area (Å²) >= 11 is 1.42. The van der Waals surface area contributed by atoms with Crippen LogP contribution in [0.3, 0.4) is 0 Å². The number of nitrogens with two attached hydrogens (primary N) is 1. The molecule has 0 radical (unpaired) electrons. The van der Waals surface area contributed by atoms with Crippen molar-refractivity contribution in [3.63, 3.8) is 0 Å². The second kappa shape index (κ2) is 5.34. The summed E-state index contributed by atoms with van der Waals surface area (Å²) in [5.74, 6) is 1.51. The molecule has 0 aliphatic carbocycles. The smallest absolute Gasteiger partial charge is 0.225 e. The Morgan fingerprint density at radius 3 is 2.90 bits per heavy atom. The second-order valence-corrected chi connectivity index (χ2v) is 4.82. The molecule has 0 saturated carbocycles. The molecule has 0 aliphatic heterocycles. The summed E-state index contributed by atoms with van der Waals surface area (Å²) in [4.78, 5) is 12.7. The van der Waals surface area contributed by atoms with Crippen molar-refractivity contribution >= 4 is 28.5 Å². The van der Waals surface area contributed by atoms with E-state index in [9.17, 15) is 0 Å². The third-order valence-corrected chi connectivity index (χ3v) is 3.25. The molecule has 0 atom stereocenters. The maximum atomic E-state index is 5.83. The van der Waals surface area contributed by atoms with Crippen LogP contribution in [0, 0.1) is 0 Å². The zero-order valence-electron chi connectivity index (χ0n) is 10.8. The number of hydrogen-bond donors (Lipinski definition) is 1. The molecule has 0 bridgehead atoms. The monoisotopic (exact) mass is 284 g/mol. The van der Waals surface area contributed by atoms with Crippen LogP contribution in [0.5, 0.6) is 11.6 Å². The number of fused-ring (bicyclic) bond motifs is 1. The zero-order chi connectivity index (χ0) is 13.9. The van der Waals surface area contributed by atoms with Crippen LogP contribution in [0.4, 0.5) is 5.82 Å². The fraction of sp³-hybridized carbons (Fsp3) is 0.0714. The Labute approximate surface area is 120 Å². The summed E-state index contributed by atoms with van der Waals surface area (Å²) in [6.07, 6.45) is 3.64. The molecule has 20 heavy (non-hydrogen) atoms. The number of ether oxygens (including phenoxy) is 1. The topological polar surface area (TPSA) is 73.9 Å². The zero-order valence-corrected chi connectivity index (χ0v) is 11.6. The Morgan fingerprint density at radius 2 is 2.05 bits per heavy atom. The van der Waals surface area contributed by atoms with Gasteiger partial charge in [0.2, 0.25) is 5.88 Å². The number of benzene rings is 1. The van der Waals surface area contributed by atoms with Crippen LogP contribution >= 0.6 is 11.8 Å². The van der Waals surface area contributed by atoms with Gasteiger partial charge in [0.05, 0.1) is 5.52 Å². The molecule has 3 aromatic rings. The Morgan fingerprint density at radius 1 is 1.15 bits per heavy atom. The number of hydrogen-bond acceptors (Lipinski definition) is 6. The molecular formula is C14H12N4OS. The fourth-order valence-corrected chi connectivity index (χ4v) is 2.22. The van der Waals surface area contributed by atoms with E-state index in [1.807, 2.05) is 36.6 Å². The Bertz CT molecular complexity index is 758. The van der Waals surface area contributed by atoms with Gasteiger partial charge >= 0.3 is 0 Å². The summed E-state index contributed by atoms with van der Waals surface area (Å²) < 4.78 is 5.83. The third-order valence-electron chi connectivity index (χ3n) is 2.70. The number of aromatic nitrogens is 3. The lowest BCUT2D eigenvalue weighted by atomic mass is 10.2. The molecule has 2 heterocycles. The van der Waals surface area contributed by atoms with Gasteiger partial charge < -0.3 is 10.5 Å². The van der Waals surface area contributed by atoms with Crippen molar-refractivity contribution in [1.82, 2.24) is 15.0 Å². The van der Waals surface area contributed by atoms with E-state index in [0.717, 1.165) is 10.9 Å². The van der Waals surface area contributed by atoms with E-state index in [2.05, 4.69) is 15.0 Å². The van der Waals surface area contributed by atoms with Crippen molar-refractivity contribution in [3.8, 4) is 11.6 Å². The van der Waals surface area contributed by atoms with Gasteiger partial charge in [0.25, 0.3) is 0 Å². The molecule has 100 valence electrons. The number of thioether (sulfide) groups is 1. The number of nitrogens with zero attached hydrogens (tertiary/aromatic N) is 3. The summed E-state index contributed by atoms with van der Waals surface area (Å²) in [7, 11) is 0. The summed E-state index contributed by atoms with van der Waals surface area (Å²) in [5.41, 5.74) is 6.62. The van der Waals surface area contributed by atoms with Gasteiger partial charge in [0.15, 0.2) is 5.16 Å². The minimum atomic E-state index is 0.387. The first kappa shape index (κ1) is 12.7. The molecule has 0 spiro atoms. The number of pyridine rings is 1. The highest BCUT2D eigenvalue weighted by Gasteiger charge is 2.07. The van der Waals surface area contributed by atoms with E-state index < -0.39 is 0 Å². The van der Waals surface area contributed by atoms with Gasteiger partial charge in [-0.1, -0.05) is 17.8 Å². The first-order valence-corrected chi connectivity index (χ1v) is 7.19. The molecule has 3 rings (SSSR count). The fourth-order valence-electron chi connectivity index (χ4n) is 1.84. The highest BCUT2D eigenvalue weighted by atomic mass is 32.2. The SMILES string of the molecule is CSc1nc(N)cc(Oc2cccc3ncccc23)n1. The predicted octanol–water partition coefficient (Wildman–Crippen LogP) is 3.12. The van der Waals surface area contributed by atoms with Crippen molar-refractivity contribution in [2.45, 2.75) is 5.16 Å². The van der Waals surface area contributed by atoms with Crippen LogP contribution in [-0.2, 0) is 0 Å². The van der Waals surface area contributed by atoms with Crippen LogP contribution in [0.25, 0.3) is 10.9 Å². The van der Waals surface area contributed by atoms with Gasteiger partial charge in [-0.05, 0) is 30.5 Å². The number of anilines is 1. The number of nitrogen functional groups attached to an aromatic ring is 1. The first-order chi connectivity index (χ1) is 9.76. The largest absolute Gasteiger partial charge is 0.438 e. The maximum Gasteiger partial charge on any atom is 0.225 e. The van der Waals surface area contributed by atoms with E-state index in [0.29, 0.717) is 22.6 Å². The van der Waals surface area contributed by atoms with Gasteiger partial charge in [0, 0.05) is 17.6 Å². The van der Waals surface area contributed by atoms with E-state index in [-0.39, 0.29) is 0 Å². The average Bonchev–Trinajstić information content (AvgIpc) is 2.47. The Hall–Kier alpha value is -2.34. The molecule has 0 amide bonds. The van der Waals surface area contributed by atoms with Crippen LogP contribution in [0.2, 0.25) is 0 Å². The molecular weight excluding hydrogens is 272 g/mol. The van der Waals surface area contributed by atoms with Crippen LogP contribution in [-0.4, -0.2) is 21.2 Å². The molecule has 0 saturated heterocycles. The minimum Gasteiger partial charge on any atom is -0.438 e. The maximum absolute atomic E-state index is 5.83. The van der Waals surface area contributed by atoms with Gasteiger partial charge in [-0.25, -0.2) is 4.98 Å². The van der Waals surface area contributed by atoms with E-state index >= 15 is 0 Å². The van der Waals surface area contributed by atoms with Gasteiger partial charge in [-0.2, -0.15) is 4.98 Å². The predicted molar refractivity (Wildman–Crippen MR) is 80.0 cm³/mol. The molecule has 5 nitrogen and oxygen atoms in total. The molecule has 2 N–H and O–H groups in total. The van der Waals surface area contributed by atoms with E-state index in [4.69, 9.17) is 10.5 Å². The Balaban J connectivity index is 2.03. The highest BCUT2D eigenvalue weighted by molar-refractivity contribution is 7.98. The van der Waals surface area contributed by atoms with E-state index in [1.54, 1.807) is 12.3 Å². The van der Waals surface area contributed by atoms with E-state index in [1.165, 1.54) is 11.8 Å². The summed E-state index contributed by atoms with van der Waals surface area (Å²) in [6.45, 7) is 0. The number of rotatable bonds is 3. The van der Waals surface area contributed by atoms with Crippen molar-refractivity contribution in [3.05, 3.63) is 42.6 Å². The molecule has 0 aliphatic rings. The lowest BCUT2D eigenvalue weighted by Gasteiger charge is -2.08. The minimum absolute atomic E-state index is 0.387. The lowest BCUT2D eigenvalue weighted by Crippen LogP contribution is -1.97. The lowest BCUT2D eigenvalue weighted by molar-refractivity contribution is 0.461. The summed E-state index contributed by atoms with van der Waals surface area (Å²) in [6, 6.07) is 11.1. The van der Waals surface area contributed by atoms with Crippen molar-refractivity contribution in [1.29, 1.82) is 0 Å². The molecule has 2 aromatic heterocycles. The van der Waals surface area contributed by atoms with Gasteiger partial charge in [0.1, 0.15) is 11.6 Å². The standard InChI is InChI=1S/C14H12N4OS/c1-20-14-17-12(15)8-13(18-14)19-11-6-2-5-10-9(11)4-3-7-16-10/h2-8H,1H3,(H2,15,17,18). The molecule has 6 heteroatoms.